The topological polar surface area (TPSA) is 80.6 Å². The van der Waals surface area contributed by atoms with E-state index in [9.17, 15) is 9.59 Å². The average molecular weight is 376 g/mol. The van der Waals surface area contributed by atoms with Gasteiger partial charge in [-0.1, -0.05) is 24.3 Å². The molecule has 6 nitrogen and oxygen atoms in total. The highest BCUT2D eigenvalue weighted by Gasteiger charge is 2.16. The van der Waals surface area contributed by atoms with Crippen molar-refractivity contribution in [3.63, 3.8) is 0 Å². The Hall–Kier alpha value is -3.80. The Kier molecular flexibility index (Phi) is 5.91. The van der Waals surface area contributed by atoms with Gasteiger partial charge in [0.2, 0.25) is 0 Å². The lowest BCUT2D eigenvalue weighted by atomic mass is 10.2. The van der Waals surface area contributed by atoms with Gasteiger partial charge in [-0.05, 0) is 43.3 Å². The number of carbonyl (C=O) groups is 2. The molecule has 1 aromatic heterocycles. The molecule has 0 saturated carbocycles. The van der Waals surface area contributed by atoms with Gasteiger partial charge in [0.25, 0.3) is 11.8 Å². The summed E-state index contributed by atoms with van der Waals surface area (Å²) in [5.41, 5.74) is 1.05. The fraction of sp³-hybridized carbons (Fsp3) is 0.0909. The van der Waals surface area contributed by atoms with Crippen LogP contribution in [-0.2, 0) is 4.79 Å². The second-order valence-electron chi connectivity index (χ2n) is 6.01. The number of furan rings is 1. The molecule has 2 amide bonds. The van der Waals surface area contributed by atoms with Crippen molar-refractivity contribution in [3.8, 4) is 5.75 Å². The number of benzene rings is 2. The summed E-state index contributed by atoms with van der Waals surface area (Å²) < 4.78 is 10.7. The molecule has 0 atom stereocenters. The van der Waals surface area contributed by atoms with Gasteiger partial charge in [0.15, 0.2) is 0 Å². The molecular weight excluding hydrogens is 356 g/mol. The van der Waals surface area contributed by atoms with Gasteiger partial charge in [-0.15, -0.1) is 0 Å². The lowest BCUT2D eigenvalue weighted by molar-refractivity contribution is -0.113. The summed E-state index contributed by atoms with van der Waals surface area (Å²) in [7, 11) is 1.55. The van der Waals surface area contributed by atoms with E-state index in [-0.39, 0.29) is 5.70 Å². The molecule has 0 aliphatic heterocycles. The van der Waals surface area contributed by atoms with E-state index in [0.717, 1.165) is 0 Å². The number of methoxy groups -OCH3 is 1. The lowest BCUT2D eigenvalue weighted by Gasteiger charge is -2.11. The molecule has 0 aliphatic carbocycles. The molecule has 0 bridgehead atoms. The molecule has 0 unspecified atom stereocenters. The summed E-state index contributed by atoms with van der Waals surface area (Å²) in [6.45, 7) is 1.80. The number of ether oxygens (including phenoxy) is 1. The fourth-order valence-electron chi connectivity index (χ4n) is 2.51. The molecule has 3 rings (SSSR count). The van der Waals surface area contributed by atoms with Crippen molar-refractivity contribution in [2.75, 3.05) is 12.4 Å². The molecule has 2 aromatic carbocycles. The van der Waals surface area contributed by atoms with Crippen molar-refractivity contribution in [3.05, 3.63) is 89.5 Å². The Morgan fingerprint density at radius 1 is 1.00 bits per heavy atom. The first-order valence-electron chi connectivity index (χ1n) is 8.65. The number of hydrogen-bond acceptors (Lipinski definition) is 4. The van der Waals surface area contributed by atoms with Gasteiger partial charge in [-0.3, -0.25) is 9.59 Å². The first-order valence-corrected chi connectivity index (χ1v) is 8.65. The van der Waals surface area contributed by atoms with Crippen LogP contribution in [-0.4, -0.2) is 18.9 Å². The van der Waals surface area contributed by atoms with Crippen LogP contribution < -0.4 is 15.4 Å². The van der Waals surface area contributed by atoms with E-state index < -0.39 is 11.8 Å². The smallest absolute Gasteiger partial charge is 0.272 e. The van der Waals surface area contributed by atoms with Gasteiger partial charge in [-0.2, -0.15) is 0 Å². The summed E-state index contributed by atoms with van der Waals surface area (Å²) in [5.74, 6) is 0.899. The standard InChI is InChI=1S/C22H20N2O4/c1-15-11-12-19(28-15)14-20(24-21(25)16-7-4-3-5-8-16)22(26)23-17-9-6-10-18(13-17)27-2/h3-14H,1-2H3,(H,23,26)(H,24,25). The number of aryl methyl sites for hydroxylation is 1. The van der Waals surface area contributed by atoms with Crippen LogP contribution in [0.25, 0.3) is 6.08 Å². The Morgan fingerprint density at radius 2 is 1.79 bits per heavy atom. The zero-order valence-electron chi connectivity index (χ0n) is 15.6. The third-order valence-corrected chi connectivity index (χ3v) is 3.90. The number of anilines is 1. The molecule has 6 heteroatoms. The van der Waals surface area contributed by atoms with Crippen molar-refractivity contribution in [1.29, 1.82) is 0 Å². The highest BCUT2D eigenvalue weighted by atomic mass is 16.5. The lowest BCUT2D eigenvalue weighted by Crippen LogP contribution is -2.30. The molecule has 1 heterocycles. The third-order valence-electron chi connectivity index (χ3n) is 3.90. The van der Waals surface area contributed by atoms with E-state index in [1.54, 1.807) is 74.7 Å². The van der Waals surface area contributed by atoms with Crippen molar-refractivity contribution in [2.24, 2.45) is 0 Å². The van der Waals surface area contributed by atoms with Crippen LogP contribution in [0, 0.1) is 6.92 Å². The van der Waals surface area contributed by atoms with Crippen molar-refractivity contribution in [1.82, 2.24) is 5.32 Å². The van der Waals surface area contributed by atoms with Gasteiger partial charge in [0.1, 0.15) is 23.0 Å². The quantitative estimate of drug-likeness (QED) is 0.637. The van der Waals surface area contributed by atoms with E-state index in [0.29, 0.717) is 28.5 Å². The van der Waals surface area contributed by atoms with E-state index >= 15 is 0 Å². The highest BCUT2D eigenvalue weighted by Crippen LogP contribution is 2.18. The molecule has 28 heavy (non-hydrogen) atoms. The maximum absolute atomic E-state index is 12.8. The number of rotatable bonds is 6. The molecule has 0 fully saturated rings. The third kappa shape index (κ3) is 4.88. The van der Waals surface area contributed by atoms with Crippen molar-refractivity contribution >= 4 is 23.6 Å². The molecule has 0 aliphatic rings. The second-order valence-corrected chi connectivity index (χ2v) is 6.01. The highest BCUT2D eigenvalue weighted by molar-refractivity contribution is 6.10. The van der Waals surface area contributed by atoms with Gasteiger partial charge in [-0.25, -0.2) is 0 Å². The van der Waals surface area contributed by atoms with Crippen molar-refractivity contribution < 1.29 is 18.7 Å². The molecule has 142 valence electrons. The summed E-state index contributed by atoms with van der Waals surface area (Å²) in [5, 5.41) is 5.42. The number of amides is 2. The monoisotopic (exact) mass is 376 g/mol. The SMILES string of the molecule is COc1cccc(NC(=O)C(=Cc2ccc(C)o2)NC(=O)c2ccccc2)c1. The predicted octanol–water partition coefficient (Wildman–Crippen LogP) is 4.01. The molecule has 2 N–H and O–H groups in total. The fourth-order valence-corrected chi connectivity index (χ4v) is 2.51. The molecule has 3 aromatic rings. The second kappa shape index (κ2) is 8.73. The van der Waals surface area contributed by atoms with Gasteiger partial charge < -0.3 is 19.8 Å². The minimum Gasteiger partial charge on any atom is -0.497 e. The average Bonchev–Trinajstić information content (AvgIpc) is 3.13. The zero-order chi connectivity index (χ0) is 19.9. The Labute approximate surface area is 162 Å². The minimum absolute atomic E-state index is 0.0611. The van der Waals surface area contributed by atoms with Crippen LogP contribution in [0.1, 0.15) is 21.9 Å². The number of hydrogen-bond donors (Lipinski definition) is 2. The molecular formula is C22H20N2O4. The van der Waals surface area contributed by atoms with Crippen LogP contribution >= 0.6 is 0 Å². The Morgan fingerprint density at radius 3 is 2.46 bits per heavy atom. The first kappa shape index (κ1) is 19.0. The summed E-state index contributed by atoms with van der Waals surface area (Å²) in [6.07, 6.45) is 1.49. The number of carbonyl (C=O) groups excluding carboxylic acids is 2. The zero-order valence-corrected chi connectivity index (χ0v) is 15.6. The summed E-state index contributed by atoms with van der Waals surface area (Å²) in [4.78, 5) is 25.3. The van der Waals surface area contributed by atoms with Gasteiger partial charge in [0, 0.05) is 23.4 Å². The van der Waals surface area contributed by atoms with Crippen molar-refractivity contribution in [2.45, 2.75) is 6.92 Å². The summed E-state index contributed by atoms with van der Waals surface area (Å²) in [6, 6.07) is 19.1. The Bertz CT molecular complexity index is 1010. The van der Waals surface area contributed by atoms with Crippen LogP contribution in [0.5, 0.6) is 5.75 Å². The minimum atomic E-state index is -0.480. The first-order chi connectivity index (χ1) is 13.5. The van der Waals surface area contributed by atoms with Gasteiger partial charge >= 0.3 is 0 Å². The van der Waals surface area contributed by atoms with E-state index in [1.165, 1.54) is 6.08 Å². The van der Waals surface area contributed by atoms with Crippen LogP contribution in [0.4, 0.5) is 5.69 Å². The maximum Gasteiger partial charge on any atom is 0.272 e. The molecule has 0 saturated heterocycles. The van der Waals surface area contributed by atoms with Gasteiger partial charge in [0.05, 0.1) is 7.11 Å². The summed E-state index contributed by atoms with van der Waals surface area (Å²) >= 11 is 0. The van der Waals surface area contributed by atoms with E-state index in [2.05, 4.69) is 10.6 Å². The maximum atomic E-state index is 12.8. The van der Waals surface area contributed by atoms with Crippen LogP contribution in [0.2, 0.25) is 0 Å². The predicted molar refractivity (Wildman–Crippen MR) is 107 cm³/mol. The largest absolute Gasteiger partial charge is 0.497 e. The van der Waals surface area contributed by atoms with E-state index in [4.69, 9.17) is 9.15 Å². The molecule has 0 radical (unpaired) electrons. The Balaban J connectivity index is 1.85. The van der Waals surface area contributed by atoms with Crippen LogP contribution in [0.3, 0.4) is 0 Å². The van der Waals surface area contributed by atoms with Crippen LogP contribution in [0.15, 0.2) is 76.8 Å². The van der Waals surface area contributed by atoms with E-state index in [1.807, 2.05) is 6.07 Å². The normalized spacial score (nSPS) is 11.0. The number of nitrogens with one attached hydrogen (secondary N) is 2. The molecule has 0 spiro atoms.